The van der Waals surface area contributed by atoms with Gasteiger partial charge in [-0.05, 0) is 20.8 Å². The van der Waals surface area contributed by atoms with Crippen molar-refractivity contribution in [3.63, 3.8) is 0 Å². The molecule has 5 nitrogen and oxygen atoms in total. The van der Waals surface area contributed by atoms with Crippen molar-refractivity contribution in [2.75, 3.05) is 13.2 Å². The molecule has 1 fully saturated rings. The number of ether oxygens (including phenoxy) is 2. The zero-order valence-electron chi connectivity index (χ0n) is 11.4. The number of hydrogen-bond donors (Lipinski definition) is 2. The van der Waals surface area contributed by atoms with Gasteiger partial charge in [0.25, 0.3) is 0 Å². The van der Waals surface area contributed by atoms with Crippen LogP contribution in [0.2, 0.25) is 0 Å². The van der Waals surface area contributed by atoms with Gasteiger partial charge in [-0.15, -0.1) is 0 Å². The minimum absolute atomic E-state index is 0.0603. The van der Waals surface area contributed by atoms with E-state index in [1.807, 2.05) is 34.6 Å². The van der Waals surface area contributed by atoms with Crippen molar-refractivity contribution in [2.24, 2.45) is 11.1 Å². The van der Waals surface area contributed by atoms with Crippen LogP contribution in [0.5, 0.6) is 0 Å². The smallest absolute Gasteiger partial charge is 0.249 e. The van der Waals surface area contributed by atoms with E-state index in [1.165, 1.54) is 0 Å². The zero-order valence-corrected chi connectivity index (χ0v) is 11.4. The number of carbonyl (C=O) groups excluding carboxylic acids is 1. The molecule has 0 bridgehead atoms. The van der Waals surface area contributed by atoms with Crippen LogP contribution in [0.15, 0.2) is 0 Å². The summed E-state index contributed by atoms with van der Waals surface area (Å²) in [6.07, 6.45) is -0.509. The van der Waals surface area contributed by atoms with Crippen molar-refractivity contribution in [1.82, 2.24) is 5.32 Å². The molecule has 0 aromatic carbocycles. The summed E-state index contributed by atoms with van der Waals surface area (Å²) < 4.78 is 11.3. The third kappa shape index (κ3) is 3.94. The van der Waals surface area contributed by atoms with Gasteiger partial charge < -0.3 is 20.5 Å². The van der Waals surface area contributed by atoms with Gasteiger partial charge in [-0.3, -0.25) is 4.79 Å². The molecule has 1 amide bonds. The standard InChI is InChI=1S/C12H24N2O3/c1-8(13)6-14-10(15)9-11(2,3)7-16-12(4,5)17-9/h8-9H,6-7,13H2,1-5H3,(H,14,15)/t8-,9-/m0/s1. The highest BCUT2D eigenvalue weighted by Crippen LogP contribution is 2.34. The van der Waals surface area contributed by atoms with Crippen molar-refractivity contribution in [2.45, 2.75) is 52.6 Å². The second-order valence-corrected chi connectivity index (χ2v) is 5.90. The summed E-state index contributed by atoms with van der Waals surface area (Å²) in [5, 5.41) is 2.80. The minimum Gasteiger partial charge on any atom is -0.352 e. The van der Waals surface area contributed by atoms with Crippen molar-refractivity contribution >= 4 is 5.91 Å². The van der Waals surface area contributed by atoms with E-state index in [0.29, 0.717) is 13.2 Å². The van der Waals surface area contributed by atoms with Crippen LogP contribution in [0.25, 0.3) is 0 Å². The maximum Gasteiger partial charge on any atom is 0.249 e. The first-order chi connectivity index (χ1) is 7.64. The topological polar surface area (TPSA) is 73.6 Å². The molecule has 0 spiro atoms. The summed E-state index contributed by atoms with van der Waals surface area (Å²) in [6, 6.07) is -0.0603. The second kappa shape index (κ2) is 4.92. The number of hydrogen-bond acceptors (Lipinski definition) is 4. The molecule has 1 aliphatic heterocycles. The van der Waals surface area contributed by atoms with E-state index in [9.17, 15) is 4.79 Å². The van der Waals surface area contributed by atoms with Gasteiger partial charge in [-0.2, -0.15) is 0 Å². The third-order valence-corrected chi connectivity index (χ3v) is 2.74. The van der Waals surface area contributed by atoms with Gasteiger partial charge in [0.05, 0.1) is 6.61 Å². The van der Waals surface area contributed by atoms with E-state index in [1.54, 1.807) is 0 Å². The van der Waals surface area contributed by atoms with E-state index in [2.05, 4.69) is 5.32 Å². The van der Waals surface area contributed by atoms with E-state index < -0.39 is 11.9 Å². The lowest BCUT2D eigenvalue weighted by atomic mass is 9.85. The fraction of sp³-hybridized carbons (Fsp3) is 0.917. The molecule has 1 aliphatic rings. The molecule has 0 aromatic rings. The third-order valence-electron chi connectivity index (χ3n) is 2.74. The number of carbonyl (C=O) groups is 1. The Kier molecular flexibility index (Phi) is 4.17. The highest BCUT2D eigenvalue weighted by molar-refractivity contribution is 5.81. The second-order valence-electron chi connectivity index (χ2n) is 5.90. The number of rotatable bonds is 3. The maximum atomic E-state index is 12.1. The first-order valence-corrected chi connectivity index (χ1v) is 5.99. The fourth-order valence-corrected chi connectivity index (χ4v) is 1.68. The van der Waals surface area contributed by atoms with Gasteiger partial charge in [-0.25, -0.2) is 0 Å². The van der Waals surface area contributed by atoms with E-state index in [4.69, 9.17) is 15.2 Å². The summed E-state index contributed by atoms with van der Waals surface area (Å²) in [4.78, 5) is 12.1. The lowest BCUT2D eigenvalue weighted by Gasteiger charge is -2.44. The molecule has 17 heavy (non-hydrogen) atoms. The summed E-state index contributed by atoms with van der Waals surface area (Å²) in [7, 11) is 0. The molecule has 100 valence electrons. The molecule has 0 saturated carbocycles. The fourth-order valence-electron chi connectivity index (χ4n) is 1.68. The summed E-state index contributed by atoms with van der Waals surface area (Å²) in [5.74, 6) is -0.838. The Morgan fingerprint density at radius 3 is 2.59 bits per heavy atom. The van der Waals surface area contributed by atoms with Crippen molar-refractivity contribution in [1.29, 1.82) is 0 Å². The zero-order chi connectivity index (χ0) is 13.3. The predicted octanol–water partition coefficient (Wildman–Crippen LogP) is 0.628. The Morgan fingerprint density at radius 1 is 1.47 bits per heavy atom. The quantitative estimate of drug-likeness (QED) is 0.763. The Morgan fingerprint density at radius 2 is 2.06 bits per heavy atom. The molecule has 1 heterocycles. The lowest BCUT2D eigenvalue weighted by Crippen LogP contribution is -2.57. The average molecular weight is 244 g/mol. The van der Waals surface area contributed by atoms with Crippen LogP contribution in [-0.4, -0.2) is 37.0 Å². The van der Waals surface area contributed by atoms with Crippen LogP contribution in [0.3, 0.4) is 0 Å². The molecule has 0 radical (unpaired) electrons. The largest absolute Gasteiger partial charge is 0.352 e. The van der Waals surface area contributed by atoms with E-state index in [0.717, 1.165) is 0 Å². The highest BCUT2D eigenvalue weighted by Gasteiger charge is 2.45. The molecule has 0 aromatic heterocycles. The van der Waals surface area contributed by atoms with Crippen molar-refractivity contribution in [3.05, 3.63) is 0 Å². The monoisotopic (exact) mass is 244 g/mol. The summed E-state index contributed by atoms with van der Waals surface area (Å²) >= 11 is 0. The molecule has 0 unspecified atom stereocenters. The van der Waals surface area contributed by atoms with Gasteiger partial charge in [-0.1, -0.05) is 13.8 Å². The van der Waals surface area contributed by atoms with Gasteiger partial charge in [0.2, 0.25) is 5.91 Å². The molecular weight excluding hydrogens is 220 g/mol. The molecule has 1 rings (SSSR count). The van der Waals surface area contributed by atoms with Crippen LogP contribution in [-0.2, 0) is 14.3 Å². The highest BCUT2D eigenvalue weighted by atomic mass is 16.7. The summed E-state index contributed by atoms with van der Waals surface area (Å²) in [5.41, 5.74) is 5.28. The van der Waals surface area contributed by atoms with Gasteiger partial charge >= 0.3 is 0 Å². The van der Waals surface area contributed by atoms with Crippen LogP contribution in [0, 0.1) is 5.41 Å². The lowest BCUT2D eigenvalue weighted by molar-refractivity contribution is -0.304. The molecular formula is C12H24N2O3. The molecule has 5 heteroatoms. The molecule has 0 aliphatic carbocycles. The van der Waals surface area contributed by atoms with Crippen LogP contribution in [0.1, 0.15) is 34.6 Å². The van der Waals surface area contributed by atoms with Crippen LogP contribution < -0.4 is 11.1 Å². The number of amides is 1. The number of nitrogens with one attached hydrogen (secondary N) is 1. The summed E-state index contributed by atoms with van der Waals surface area (Å²) in [6.45, 7) is 10.3. The Labute approximate surface area is 103 Å². The van der Waals surface area contributed by atoms with Crippen LogP contribution in [0.4, 0.5) is 0 Å². The van der Waals surface area contributed by atoms with Gasteiger partial charge in [0.15, 0.2) is 5.79 Å². The Hall–Kier alpha value is -0.650. The van der Waals surface area contributed by atoms with Crippen LogP contribution >= 0.6 is 0 Å². The maximum absolute atomic E-state index is 12.1. The van der Waals surface area contributed by atoms with Gasteiger partial charge in [0, 0.05) is 18.0 Å². The van der Waals surface area contributed by atoms with Gasteiger partial charge in [0.1, 0.15) is 6.10 Å². The molecule has 1 saturated heterocycles. The first kappa shape index (κ1) is 14.4. The first-order valence-electron chi connectivity index (χ1n) is 5.99. The Balaban J connectivity index is 2.67. The SMILES string of the molecule is C[C@H](N)CNC(=O)[C@@H]1OC(C)(C)OCC1(C)C. The Bertz CT molecular complexity index is 287. The van der Waals surface area contributed by atoms with Crippen molar-refractivity contribution < 1.29 is 14.3 Å². The predicted molar refractivity (Wildman–Crippen MR) is 65.3 cm³/mol. The average Bonchev–Trinajstić information content (AvgIpc) is 2.19. The number of nitrogens with two attached hydrogens (primary N) is 1. The minimum atomic E-state index is -0.716. The normalized spacial score (nSPS) is 28.5. The van der Waals surface area contributed by atoms with Crippen molar-refractivity contribution in [3.8, 4) is 0 Å². The van der Waals surface area contributed by atoms with E-state index in [-0.39, 0.29) is 17.4 Å². The van der Waals surface area contributed by atoms with E-state index >= 15 is 0 Å². The molecule has 2 atom stereocenters. The molecule has 3 N–H and O–H groups in total.